The van der Waals surface area contributed by atoms with E-state index in [0.717, 1.165) is 0 Å². The summed E-state index contributed by atoms with van der Waals surface area (Å²) in [6, 6.07) is 1.64. The average molecular weight is 252 g/mol. The molecule has 0 amide bonds. The van der Waals surface area contributed by atoms with Crippen LogP contribution in [0.25, 0.3) is 0 Å². The second-order valence-electron chi connectivity index (χ2n) is 4.46. The molecular weight excluding hydrogens is 236 g/mol. The Balaban J connectivity index is 2.72. The molecule has 5 heteroatoms. The average Bonchev–Trinajstić information content (AvgIpc) is 2.57. The molecule has 0 bridgehead atoms. The number of methoxy groups -OCH3 is 3. The smallest absolute Gasteiger partial charge is 0.213 e. The molecule has 1 aromatic rings. The van der Waals surface area contributed by atoms with Crippen LogP contribution in [0.5, 0.6) is 23.0 Å². The predicted molar refractivity (Wildman–Crippen MR) is 65.1 cm³/mol. The van der Waals surface area contributed by atoms with Gasteiger partial charge in [-0.3, -0.25) is 4.79 Å². The maximum Gasteiger partial charge on any atom is 0.213 e. The van der Waals surface area contributed by atoms with Crippen molar-refractivity contribution in [3.63, 3.8) is 0 Å². The van der Waals surface area contributed by atoms with Gasteiger partial charge < -0.3 is 18.9 Å². The molecule has 18 heavy (non-hydrogen) atoms. The van der Waals surface area contributed by atoms with Gasteiger partial charge in [0.25, 0.3) is 0 Å². The third kappa shape index (κ3) is 1.58. The molecular formula is C13H16O5. The van der Waals surface area contributed by atoms with Gasteiger partial charge in [-0.25, -0.2) is 0 Å². The van der Waals surface area contributed by atoms with Gasteiger partial charge in [-0.1, -0.05) is 0 Å². The summed E-state index contributed by atoms with van der Waals surface area (Å²) in [5.74, 6) is 1.55. The maximum atomic E-state index is 12.3. The van der Waals surface area contributed by atoms with Gasteiger partial charge in [0.05, 0.1) is 21.3 Å². The minimum Gasteiger partial charge on any atom is -0.493 e. The molecule has 0 aromatic heterocycles. The zero-order valence-electron chi connectivity index (χ0n) is 11.1. The number of carbonyl (C=O) groups is 1. The first-order valence-electron chi connectivity index (χ1n) is 5.53. The van der Waals surface area contributed by atoms with E-state index in [1.165, 1.54) is 21.3 Å². The van der Waals surface area contributed by atoms with Crippen molar-refractivity contribution >= 4 is 5.78 Å². The molecule has 0 unspecified atom stereocenters. The van der Waals surface area contributed by atoms with Crippen LogP contribution in [0, 0.1) is 0 Å². The van der Waals surface area contributed by atoms with E-state index in [9.17, 15) is 4.79 Å². The lowest BCUT2D eigenvalue weighted by Crippen LogP contribution is -2.32. The number of Topliss-reactive ketones (excluding diaryl/α,β-unsaturated/α-hetero) is 1. The minimum absolute atomic E-state index is 0.129. The predicted octanol–water partition coefficient (Wildman–Crippen LogP) is 2.07. The fourth-order valence-corrected chi connectivity index (χ4v) is 2.05. The van der Waals surface area contributed by atoms with Crippen LogP contribution in [-0.4, -0.2) is 32.7 Å². The highest BCUT2D eigenvalue weighted by molar-refractivity contribution is 6.10. The van der Waals surface area contributed by atoms with E-state index in [-0.39, 0.29) is 5.78 Å². The van der Waals surface area contributed by atoms with Gasteiger partial charge >= 0.3 is 0 Å². The normalized spacial score (nSPS) is 15.9. The Hall–Kier alpha value is -1.91. The van der Waals surface area contributed by atoms with Crippen molar-refractivity contribution in [2.24, 2.45) is 0 Å². The Kier molecular flexibility index (Phi) is 2.84. The first-order chi connectivity index (χ1) is 8.46. The molecule has 0 saturated heterocycles. The summed E-state index contributed by atoms with van der Waals surface area (Å²) in [6.07, 6.45) is 0. The summed E-state index contributed by atoms with van der Waals surface area (Å²) < 4.78 is 21.4. The number of hydrogen-bond donors (Lipinski definition) is 0. The van der Waals surface area contributed by atoms with E-state index in [1.54, 1.807) is 19.9 Å². The second-order valence-corrected chi connectivity index (χ2v) is 4.46. The molecule has 1 aliphatic heterocycles. The minimum atomic E-state index is -0.896. The maximum absolute atomic E-state index is 12.3. The molecule has 98 valence electrons. The van der Waals surface area contributed by atoms with Crippen molar-refractivity contribution in [1.82, 2.24) is 0 Å². The third-order valence-electron chi connectivity index (χ3n) is 2.93. The summed E-state index contributed by atoms with van der Waals surface area (Å²) in [7, 11) is 4.50. The summed E-state index contributed by atoms with van der Waals surface area (Å²) in [4.78, 5) is 12.3. The molecule has 0 N–H and O–H groups in total. The summed E-state index contributed by atoms with van der Waals surface area (Å²) in [5.41, 5.74) is -0.493. The van der Waals surface area contributed by atoms with Crippen molar-refractivity contribution in [3.8, 4) is 23.0 Å². The zero-order valence-corrected chi connectivity index (χ0v) is 11.1. The Bertz CT molecular complexity index is 505. The highest BCUT2D eigenvalue weighted by Gasteiger charge is 2.44. The van der Waals surface area contributed by atoms with Crippen molar-refractivity contribution in [3.05, 3.63) is 11.6 Å². The Morgan fingerprint density at radius 1 is 1.06 bits per heavy atom. The first kappa shape index (κ1) is 12.5. The van der Waals surface area contributed by atoms with Crippen molar-refractivity contribution < 1.29 is 23.7 Å². The number of hydrogen-bond acceptors (Lipinski definition) is 5. The van der Waals surface area contributed by atoms with E-state index >= 15 is 0 Å². The SMILES string of the molecule is COc1cc2c(c(OC)c1OC)C(=O)C(C)(C)O2. The highest BCUT2D eigenvalue weighted by atomic mass is 16.5. The number of rotatable bonds is 3. The first-order valence-corrected chi connectivity index (χ1v) is 5.53. The lowest BCUT2D eigenvalue weighted by atomic mass is 9.98. The monoisotopic (exact) mass is 252 g/mol. The summed E-state index contributed by atoms with van der Waals surface area (Å²) in [5, 5.41) is 0. The van der Waals surface area contributed by atoms with Crippen LogP contribution < -0.4 is 18.9 Å². The van der Waals surface area contributed by atoms with Crippen LogP contribution in [0.3, 0.4) is 0 Å². The number of ketones is 1. The molecule has 0 fully saturated rings. The van der Waals surface area contributed by atoms with Gasteiger partial charge in [-0.15, -0.1) is 0 Å². The fourth-order valence-electron chi connectivity index (χ4n) is 2.05. The summed E-state index contributed by atoms with van der Waals surface area (Å²) in [6.45, 7) is 3.43. The molecule has 1 heterocycles. The molecule has 2 rings (SSSR count). The van der Waals surface area contributed by atoms with Crippen LogP contribution in [0.2, 0.25) is 0 Å². The molecule has 1 aliphatic rings. The second kappa shape index (κ2) is 4.08. The molecule has 5 nitrogen and oxygen atoms in total. The van der Waals surface area contributed by atoms with Crippen LogP contribution in [0.4, 0.5) is 0 Å². The van der Waals surface area contributed by atoms with E-state index in [4.69, 9.17) is 18.9 Å². The van der Waals surface area contributed by atoms with Gasteiger partial charge in [0, 0.05) is 6.07 Å². The van der Waals surface area contributed by atoms with Crippen LogP contribution in [-0.2, 0) is 0 Å². The summed E-state index contributed by atoms with van der Waals surface area (Å²) >= 11 is 0. The van der Waals surface area contributed by atoms with Gasteiger partial charge in [0.2, 0.25) is 11.5 Å². The largest absolute Gasteiger partial charge is 0.493 e. The quantitative estimate of drug-likeness (QED) is 0.824. The molecule has 0 radical (unpaired) electrons. The standard InChI is InChI=1S/C13H16O5/c1-13(2)12(14)9-7(18-13)6-8(15-3)10(16-4)11(9)17-5/h6H,1-5H3. The van der Waals surface area contributed by atoms with Crippen molar-refractivity contribution in [2.75, 3.05) is 21.3 Å². The Morgan fingerprint density at radius 2 is 1.67 bits per heavy atom. The lowest BCUT2D eigenvalue weighted by molar-refractivity contribution is 0.0683. The van der Waals surface area contributed by atoms with Crippen LogP contribution in [0.1, 0.15) is 24.2 Å². The Labute approximate surface area is 106 Å². The molecule has 0 aliphatic carbocycles. The van der Waals surface area contributed by atoms with Gasteiger partial charge in [0.15, 0.2) is 17.1 Å². The van der Waals surface area contributed by atoms with Crippen LogP contribution in [0.15, 0.2) is 6.07 Å². The molecule has 0 atom stereocenters. The number of fused-ring (bicyclic) bond motifs is 1. The van der Waals surface area contributed by atoms with Gasteiger partial charge in [0.1, 0.15) is 11.3 Å². The van der Waals surface area contributed by atoms with E-state index in [0.29, 0.717) is 28.6 Å². The zero-order chi connectivity index (χ0) is 13.5. The van der Waals surface area contributed by atoms with Crippen molar-refractivity contribution in [1.29, 1.82) is 0 Å². The fraction of sp³-hybridized carbons (Fsp3) is 0.462. The lowest BCUT2D eigenvalue weighted by Gasteiger charge is -2.15. The van der Waals surface area contributed by atoms with E-state index in [2.05, 4.69) is 0 Å². The van der Waals surface area contributed by atoms with Crippen molar-refractivity contribution in [2.45, 2.75) is 19.4 Å². The van der Waals surface area contributed by atoms with E-state index < -0.39 is 5.60 Å². The molecule has 0 saturated carbocycles. The van der Waals surface area contributed by atoms with Gasteiger partial charge in [-0.2, -0.15) is 0 Å². The molecule has 0 spiro atoms. The van der Waals surface area contributed by atoms with Crippen LogP contribution >= 0.6 is 0 Å². The highest BCUT2D eigenvalue weighted by Crippen LogP contribution is 2.50. The number of ether oxygens (including phenoxy) is 4. The van der Waals surface area contributed by atoms with E-state index in [1.807, 2.05) is 0 Å². The Morgan fingerprint density at radius 3 is 2.17 bits per heavy atom. The number of carbonyl (C=O) groups excluding carboxylic acids is 1. The molecule has 1 aromatic carbocycles. The third-order valence-corrected chi connectivity index (χ3v) is 2.93. The van der Waals surface area contributed by atoms with Gasteiger partial charge in [-0.05, 0) is 13.8 Å². The topological polar surface area (TPSA) is 54.0 Å². The number of benzene rings is 1.